The number of nitrogens with zero attached hydrogens (tertiary/aromatic N) is 2. The van der Waals surface area contributed by atoms with Gasteiger partial charge in [-0.05, 0) is 56.9 Å². The van der Waals surface area contributed by atoms with Crippen molar-refractivity contribution < 1.29 is 14.0 Å². The number of furan rings is 1. The number of aromatic nitrogens is 1. The fourth-order valence-corrected chi connectivity index (χ4v) is 5.45. The van der Waals surface area contributed by atoms with Crippen LogP contribution in [0.15, 0.2) is 53.1 Å². The van der Waals surface area contributed by atoms with E-state index in [0.717, 1.165) is 50.0 Å². The number of aryl methyl sites for hydroxylation is 1. The van der Waals surface area contributed by atoms with Gasteiger partial charge in [-0.3, -0.25) is 9.59 Å². The highest BCUT2D eigenvalue weighted by Gasteiger charge is 2.48. The summed E-state index contributed by atoms with van der Waals surface area (Å²) < 4.78 is 7.52. The van der Waals surface area contributed by atoms with Crippen molar-refractivity contribution in [2.75, 3.05) is 6.54 Å². The monoisotopic (exact) mass is 447 g/mol. The molecule has 174 valence electrons. The number of rotatable bonds is 6. The summed E-state index contributed by atoms with van der Waals surface area (Å²) in [5, 5.41) is 3.30. The SMILES string of the molecule is CC1CCC(NC(=O)[C@@]2(C)Cn3c(cc4occc43)C(=O)N2CCCc2ccccc2)CC1. The number of carbonyl (C=O) groups excluding carboxylic acids is 2. The number of hydrogen-bond donors (Lipinski definition) is 1. The van der Waals surface area contributed by atoms with Crippen LogP contribution in [0.3, 0.4) is 0 Å². The summed E-state index contributed by atoms with van der Waals surface area (Å²) in [6.07, 6.45) is 7.59. The number of benzene rings is 1. The normalized spacial score (nSPS) is 25.3. The van der Waals surface area contributed by atoms with Crippen LogP contribution in [-0.4, -0.2) is 39.4 Å². The highest BCUT2D eigenvalue weighted by atomic mass is 16.3. The number of fused-ring (bicyclic) bond motifs is 3. The molecular formula is C27H33N3O3. The second kappa shape index (κ2) is 8.73. The molecule has 2 aromatic heterocycles. The molecule has 5 rings (SSSR count). The molecule has 1 saturated carbocycles. The first kappa shape index (κ1) is 21.8. The third-order valence-electron chi connectivity index (χ3n) is 7.58. The molecule has 1 aromatic carbocycles. The van der Waals surface area contributed by atoms with E-state index in [1.54, 1.807) is 11.2 Å². The third-order valence-corrected chi connectivity index (χ3v) is 7.58. The molecule has 1 atom stereocenters. The summed E-state index contributed by atoms with van der Waals surface area (Å²) >= 11 is 0. The van der Waals surface area contributed by atoms with Crippen LogP contribution in [-0.2, 0) is 17.8 Å². The lowest BCUT2D eigenvalue weighted by Gasteiger charge is -2.45. The Hall–Kier alpha value is -3.02. The number of nitrogens with one attached hydrogen (secondary N) is 1. The molecule has 1 aliphatic carbocycles. The lowest BCUT2D eigenvalue weighted by atomic mass is 9.86. The average Bonchev–Trinajstić information content (AvgIpc) is 3.41. The van der Waals surface area contributed by atoms with Gasteiger partial charge in [0, 0.05) is 24.7 Å². The number of amides is 2. The molecule has 1 N–H and O–H groups in total. The fourth-order valence-electron chi connectivity index (χ4n) is 5.45. The van der Waals surface area contributed by atoms with Crippen molar-refractivity contribution in [1.82, 2.24) is 14.8 Å². The summed E-state index contributed by atoms with van der Waals surface area (Å²) in [7, 11) is 0. The molecule has 0 spiro atoms. The van der Waals surface area contributed by atoms with E-state index >= 15 is 0 Å². The summed E-state index contributed by atoms with van der Waals surface area (Å²) in [5.74, 6) is 0.568. The van der Waals surface area contributed by atoms with Gasteiger partial charge in [-0.2, -0.15) is 0 Å². The Morgan fingerprint density at radius 1 is 1.15 bits per heavy atom. The highest BCUT2D eigenvalue weighted by Crippen LogP contribution is 2.33. The predicted octanol–water partition coefficient (Wildman–Crippen LogP) is 4.78. The van der Waals surface area contributed by atoms with Gasteiger partial charge in [0.2, 0.25) is 5.91 Å². The van der Waals surface area contributed by atoms with E-state index < -0.39 is 5.54 Å². The summed E-state index contributed by atoms with van der Waals surface area (Å²) in [6, 6.07) is 14.2. The Kier molecular flexibility index (Phi) is 5.77. The third kappa shape index (κ3) is 4.07. The van der Waals surface area contributed by atoms with Crippen LogP contribution < -0.4 is 5.32 Å². The van der Waals surface area contributed by atoms with Gasteiger partial charge in [0.1, 0.15) is 11.2 Å². The van der Waals surface area contributed by atoms with Crippen molar-refractivity contribution in [3.05, 3.63) is 60.0 Å². The first-order valence-corrected chi connectivity index (χ1v) is 12.2. The predicted molar refractivity (Wildman–Crippen MR) is 128 cm³/mol. The molecular weight excluding hydrogens is 414 g/mol. The Labute approximate surface area is 194 Å². The maximum atomic E-state index is 13.7. The molecule has 2 amide bonds. The van der Waals surface area contributed by atoms with Crippen LogP contribution in [0.4, 0.5) is 0 Å². The molecule has 3 aromatic rings. The average molecular weight is 448 g/mol. The molecule has 0 saturated heterocycles. The Bertz CT molecular complexity index is 1140. The van der Waals surface area contributed by atoms with E-state index in [4.69, 9.17) is 4.42 Å². The van der Waals surface area contributed by atoms with E-state index in [-0.39, 0.29) is 17.9 Å². The zero-order chi connectivity index (χ0) is 23.0. The number of hydrogen-bond acceptors (Lipinski definition) is 3. The van der Waals surface area contributed by atoms with E-state index in [9.17, 15) is 9.59 Å². The van der Waals surface area contributed by atoms with Gasteiger partial charge in [0.15, 0.2) is 5.58 Å². The van der Waals surface area contributed by atoms with Gasteiger partial charge in [-0.15, -0.1) is 0 Å². The Balaban J connectivity index is 1.40. The minimum atomic E-state index is -0.951. The van der Waals surface area contributed by atoms with Crippen LogP contribution >= 0.6 is 0 Å². The molecule has 0 radical (unpaired) electrons. The molecule has 1 fully saturated rings. The van der Waals surface area contributed by atoms with Gasteiger partial charge in [0.25, 0.3) is 5.91 Å². The lowest BCUT2D eigenvalue weighted by molar-refractivity contribution is -0.133. The molecule has 0 unspecified atom stereocenters. The first-order valence-electron chi connectivity index (χ1n) is 12.2. The standard InChI is InChI=1S/C27H33N3O3/c1-19-10-12-21(13-11-19)28-26(32)27(2)18-29-22-14-16-33-24(22)17-23(29)25(31)30(27)15-6-9-20-7-4-3-5-8-20/h3-5,7-8,14,16-17,19,21H,6,9-13,15,18H2,1-2H3,(H,28,32)/t19?,21?,27-/m1/s1. The molecule has 6 heteroatoms. The summed E-state index contributed by atoms with van der Waals surface area (Å²) in [4.78, 5) is 29.2. The summed E-state index contributed by atoms with van der Waals surface area (Å²) in [6.45, 7) is 5.16. The van der Waals surface area contributed by atoms with Crippen molar-refractivity contribution in [3.63, 3.8) is 0 Å². The van der Waals surface area contributed by atoms with Crippen molar-refractivity contribution in [3.8, 4) is 0 Å². The van der Waals surface area contributed by atoms with Crippen molar-refractivity contribution in [2.24, 2.45) is 5.92 Å². The van der Waals surface area contributed by atoms with E-state index in [0.29, 0.717) is 24.4 Å². The number of carbonyl (C=O) groups is 2. The topological polar surface area (TPSA) is 67.5 Å². The fraction of sp³-hybridized carbons (Fsp3) is 0.481. The smallest absolute Gasteiger partial charge is 0.271 e. The Morgan fingerprint density at radius 3 is 2.67 bits per heavy atom. The van der Waals surface area contributed by atoms with Crippen molar-refractivity contribution >= 4 is 22.9 Å². The van der Waals surface area contributed by atoms with E-state index in [1.807, 2.05) is 41.8 Å². The quantitative estimate of drug-likeness (QED) is 0.592. The van der Waals surface area contributed by atoms with Crippen LogP contribution in [0.25, 0.3) is 11.1 Å². The molecule has 1 aliphatic heterocycles. The van der Waals surface area contributed by atoms with Crippen LogP contribution in [0.5, 0.6) is 0 Å². The largest absolute Gasteiger partial charge is 0.463 e. The first-order chi connectivity index (χ1) is 16.0. The zero-order valence-corrected chi connectivity index (χ0v) is 19.5. The molecule has 3 heterocycles. The molecule has 6 nitrogen and oxygen atoms in total. The zero-order valence-electron chi connectivity index (χ0n) is 19.5. The Morgan fingerprint density at radius 2 is 1.91 bits per heavy atom. The second-order valence-electron chi connectivity index (χ2n) is 10.0. The minimum Gasteiger partial charge on any atom is -0.463 e. The van der Waals surface area contributed by atoms with E-state index in [1.165, 1.54) is 5.56 Å². The second-order valence-corrected chi connectivity index (χ2v) is 10.0. The van der Waals surface area contributed by atoms with Crippen LogP contribution in [0.1, 0.15) is 62.0 Å². The van der Waals surface area contributed by atoms with Gasteiger partial charge >= 0.3 is 0 Å². The molecule has 0 bridgehead atoms. The molecule has 33 heavy (non-hydrogen) atoms. The van der Waals surface area contributed by atoms with Crippen LogP contribution in [0.2, 0.25) is 0 Å². The van der Waals surface area contributed by atoms with Gasteiger partial charge < -0.3 is 19.2 Å². The van der Waals surface area contributed by atoms with Crippen LogP contribution in [0, 0.1) is 5.92 Å². The maximum absolute atomic E-state index is 13.7. The maximum Gasteiger partial charge on any atom is 0.271 e. The lowest BCUT2D eigenvalue weighted by Crippen LogP contribution is -2.65. The minimum absolute atomic E-state index is 0.0499. The van der Waals surface area contributed by atoms with Gasteiger partial charge in [0.05, 0.1) is 18.3 Å². The van der Waals surface area contributed by atoms with Gasteiger partial charge in [-0.25, -0.2) is 0 Å². The van der Waals surface area contributed by atoms with Crippen molar-refractivity contribution in [1.29, 1.82) is 0 Å². The molecule has 2 aliphatic rings. The van der Waals surface area contributed by atoms with Gasteiger partial charge in [-0.1, -0.05) is 37.3 Å². The van der Waals surface area contributed by atoms with Crippen molar-refractivity contribution in [2.45, 2.75) is 70.5 Å². The van der Waals surface area contributed by atoms with E-state index in [2.05, 4.69) is 24.4 Å². The highest BCUT2D eigenvalue weighted by molar-refractivity contribution is 6.02. The summed E-state index contributed by atoms with van der Waals surface area (Å²) in [5.41, 5.74) is 2.44.